The Bertz CT molecular complexity index is 766. The standard InChI is InChI=1S/C17H22N2O2.C4H4O4/c1-2-3-6-17(20)14-7-9-16(10-8-14)21-11-4-5-15-12-18-13-19-15;5-3(6)1-2-4(7)8/h7-10,12-13H,2-6,11H2,1H3,(H,18,19);1-2H,(H,5,6)(H,7,8)/b;2-1-. The average Bonchev–Trinajstić information content (AvgIpc) is 3.22. The summed E-state index contributed by atoms with van der Waals surface area (Å²) in [4.78, 5) is 38.0. The van der Waals surface area contributed by atoms with Gasteiger partial charge in [0.05, 0.1) is 12.9 Å². The second-order valence-corrected chi connectivity index (χ2v) is 6.09. The number of rotatable bonds is 11. The maximum atomic E-state index is 11.9. The van der Waals surface area contributed by atoms with Crippen molar-refractivity contribution in [2.75, 3.05) is 6.61 Å². The van der Waals surface area contributed by atoms with Crippen LogP contribution in [0.4, 0.5) is 0 Å². The van der Waals surface area contributed by atoms with E-state index in [2.05, 4.69) is 16.9 Å². The Morgan fingerprint density at radius 2 is 1.72 bits per heavy atom. The number of aliphatic carboxylic acids is 2. The number of nitrogens with one attached hydrogen (secondary N) is 1. The number of aromatic nitrogens is 2. The number of carbonyl (C=O) groups excluding carboxylic acids is 1. The number of carboxylic acid groups (broad SMARTS) is 2. The fourth-order valence-electron chi connectivity index (χ4n) is 2.24. The Labute approximate surface area is 169 Å². The Morgan fingerprint density at radius 1 is 1.07 bits per heavy atom. The molecule has 1 aromatic heterocycles. The van der Waals surface area contributed by atoms with E-state index in [-0.39, 0.29) is 5.78 Å². The van der Waals surface area contributed by atoms with Crippen LogP contribution in [0.15, 0.2) is 48.9 Å². The van der Waals surface area contributed by atoms with E-state index in [9.17, 15) is 14.4 Å². The lowest BCUT2D eigenvalue weighted by Gasteiger charge is -2.06. The summed E-state index contributed by atoms with van der Waals surface area (Å²) >= 11 is 0. The van der Waals surface area contributed by atoms with E-state index >= 15 is 0 Å². The predicted molar refractivity (Wildman–Crippen MR) is 107 cm³/mol. The number of ketones is 1. The number of nitrogens with zero attached hydrogens (tertiary/aromatic N) is 1. The molecule has 0 saturated carbocycles. The highest BCUT2D eigenvalue weighted by Crippen LogP contribution is 2.15. The molecule has 2 rings (SSSR count). The van der Waals surface area contributed by atoms with Gasteiger partial charge in [-0.1, -0.05) is 13.3 Å². The highest BCUT2D eigenvalue weighted by Gasteiger charge is 2.05. The van der Waals surface area contributed by atoms with Crippen molar-refractivity contribution in [2.24, 2.45) is 0 Å². The van der Waals surface area contributed by atoms with Crippen molar-refractivity contribution in [3.8, 4) is 5.75 Å². The zero-order chi connectivity index (χ0) is 21.5. The molecule has 0 amide bonds. The van der Waals surface area contributed by atoms with Gasteiger partial charge in [-0.2, -0.15) is 0 Å². The Hall–Kier alpha value is -3.42. The second kappa shape index (κ2) is 13.7. The zero-order valence-corrected chi connectivity index (χ0v) is 16.3. The molecule has 0 atom stereocenters. The van der Waals surface area contributed by atoms with Crippen molar-refractivity contribution in [1.29, 1.82) is 0 Å². The number of carboxylic acids is 2. The first-order chi connectivity index (χ1) is 13.9. The molecule has 0 radical (unpaired) electrons. The highest BCUT2D eigenvalue weighted by molar-refractivity contribution is 5.96. The molecule has 3 N–H and O–H groups in total. The van der Waals surface area contributed by atoms with E-state index in [1.807, 2.05) is 30.5 Å². The molecule has 0 aliphatic carbocycles. The Kier molecular flexibility index (Phi) is 11.2. The largest absolute Gasteiger partial charge is 0.494 e. The molecule has 2 aromatic rings. The van der Waals surface area contributed by atoms with Crippen LogP contribution in [0.2, 0.25) is 0 Å². The molecule has 8 heteroatoms. The molecule has 8 nitrogen and oxygen atoms in total. The lowest BCUT2D eigenvalue weighted by Crippen LogP contribution is -2.01. The fourth-order valence-corrected chi connectivity index (χ4v) is 2.24. The molecule has 0 fully saturated rings. The van der Waals surface area contributed by atoms with Crippen LogP contribution in [-0.2, 0) is 16.0 Å². The number of carbonyl (C=O) groups is 3. The first-order valence-electron chi connectivity index (χ1n) is 9.29. The van der Waals surface area contributed by atoms with Crippen LogP contribution < -0.4 is 4.74 Å². The summed E-state index contributed by atoms with van der Waals surface area (Å²) in [7, 11) is 0. The van der Waals surface area contributed by atoms with Gasteiger partial charge in [-0.05, 0) is 43.5 Å². The molecule has 0 unspecified atom stereocenters. The van der Waals surface area contributed by atoms with Gasteiger partial charge >= 0.3 is 11.9 Å². The van der Waals surface area contributed by atoms with E-state index in [0.29, 0.717) is 25.2 Å². The molecule has 0 aliphatic heterocycles. The summed E-state index contributed by atoms with van der Waals surface area (Å²) in [5.41, 5.74) is 1.89. The molecule has 29 heavy (non-hydrogen) atoms. The summed E-state index contributed by atoms with van der Waals surface area (Å²) in [6.45, 7) is 2.75. The number of aromatic amines is 1. The topological polar surface area (TPSA) is 130 Å². The third kappa shape index (κ3) is 11.1. The van der Waals surface area contributed by atoms with Crippen molar-refractivity contribution < 1.29 is 29.3 Å². The van der Waals surface area contributed by atoms with E-state index in [1.165, 1.54) is 0 Å². The minimum atomic E-state index is -1.26. The van der Waals surface area contributed by atoms with Gasteiger partial charge < -0.3 is 19.9 Å². The molecule has 156 valence electrons. The number of hydrogen-bond donors (Lipinski definition) is 3. The van der Waals surface area contributed by atoms with E-state index < -0.39 is 11.9 Å². The Morgan fingerprint density at radius 3 is 2.24 bits per heavy atom. The molecule has 0 bridgehead atoms. The van der Waals surface area contributed by atoms with Gasteiger partial charge in [0.25, 0.3) is 0 Å². The number of unbranched alkanes of at least 4 members (excludes halogenated alkanes) is 1. The molecule has 0 aliphatic rings. The minimum absolute atomic E-state index is 0.211. The molecule has 0 spiro atoms. The smallest absolute Gasteiger partial charge is 0.328 e. The number of H-pyrrole nitrogens is 1. The maximum absolute atomic E-state index is 11.9. The van der Waals surface area contributed by atoms with Crippen molar-refractivity contribution in [3.05, 3.63) is 60.2 Å². The zero-order valence-electron chi connectivity index (χ0n) is 16.3. The SMILES string of the molecule is CCCCC(=O)c1ccc(OCCCc2cnc[nH]2)cc1.O=C(O)/C=C\C(=O)O. The van der Waals surface area contributed by atoms with Crippen LogP contribution in [0.1, 0.15) is 48.7 Å². The molecule has 1 aromatic carbocycles. The fraction of sp³-hybridized carbons (Fsp3) is 0.333. The van der Waals surface area contributed by atoms with Gasteiger partial charge in [0.15, 0.2) is 5.78 Å². The van der Waals surface area contributed by atoms with Crippen molar-refractivity contribution in [3.63, 3.8) is 0 Å². The van der Waals surface area contributed by atoms with Gasteiger partial charge in [-0.15, -0.1) is 0 Å². The molecular formula is C21H26N2O6. The number of hydrogen-bond acceptors (Lipinski definition) is 5. The molecule has 1 heterocycles. The molecule has 0 saturated heterocycles. The third-order valence-corrected chi connectivity index (χ3v) is 3.72. The van der Waals surface area contributed by atoms with Crippen LogP contribution in [0.3, 0.4) is 0 Å². The van der Waals surface area contributed by atoms with Crippen molar-refractivity contribution in [1.82, 2.24) is 9.97 Å². The normalized spacial score (nSPS) is 10.2. The van der Waals surface area contributed by atoms with E-state index in [1.54, 1.807) is 6.33 Å². The third-order valence-electron chi connectivity index (χ3n) is 3.72. The second-order valence-electron chi connectivity index (χ2n) is 6.09. The van der Waals surface area contributed by atoms with Crippen molar-refractivity contribution in [2.45, 2.75) is 39.0 Å². The van der Waals surface area contributed by atoms with Gasteiger partial charge in [-0.3, -0.25) is 4.79 Å². The summed E-state index contributed by atoms with van der Waals surface area (Å²) in [6.07, 6.45) is 9.10. The number of Topliss-reactive ketones (excluding diaryl/α,β-unsaturated/α-hetero) is 1. The number of imidazole rings is 1. The van der Waals surface area contributed by atoms with Crippen LogP contribution in [0, 0.1) is 0 Å². The summed E-state index contributed by atoms with van der Waals surface area (Å²) in [6, 6.07) is 7.44. The van der Waals surface area contributed by atoms with Gasteiger partial charge in [0.2, 0.25) is 0 Å². The lowest BCUT2D eigenvalue weighted by molar-refractivity contribution is -0.134. The summed E-state index contributed by atoms with van der Waals surface area (Å²) in [5, 5.41) is 15.6. The molecular weight excluding hydrogens is 376 g/mol. The van der Waals surface area contributed by atoms with Crippen LogP contribution in [0.25, 0.3) is 0 Å². The Balaban J connectivity index is 0.000000447. The van der Waals surface area contributed by atoms with Crippen LogP contribution in [0.5, 0.6) is 5.75 Å². The van der Waals surface area contributed by atoms with Gasteiger partial charge in [0.1, 0.15) is 5.75 Å². The van der Waals surface area contributed by atoms with Crippen molar-refractivity contribution >= 4 is 17.7 Å². The first kappa shape index (κ1) is 23.6. The first-order valence-corrected chi connectivity index (χ1v) is 9.29. The van der Waals surface area contributed by atoms with Crippen LogP contribution >= 0.6 is 0 Å². The van der Waals surface area contributed by atoms with Gasteiger partial charge in [-0.25, -0.2) is 14.6 Å². The summed E-state index contributed by atoms with van der Waals surface area (Å²) in [5.74, 6) is -1.49. The number of ether oxygens (including phenoxy) is 1. The highest BCUT2D eigenvalue weighted by atomic mass is 16.5. The number of benzene rings is 1. The van der Waals surface area contributed by atoms with Gasteiger partial charge in [0, 0.05) is 36.0 Å². The van der Waals surface area contributed by atoms with E-state index in [4.69, 9.17) is 14.9 Å². The monoisotopic (exact) mass is 402 g/mol. The maximum Gasteiger partial charge on any atom is 0.328 e. The minimum Gasteiger partial charge on any atom is -0.494 e. The summed E-state index contributed by atoms with van der Waals surface area (Å²) < 4.78 is 5.67. The van der Waals surface area contributed by atoms with Crippen LogP contribution in [-0.4, -0.2) is 44.5 Å². The van der Waals surface area contributed by atoms with E-state index in [0.717, 1.165) is 42.7 Å². The quantitative estimate of drug-likeness (QED) is 0.298. The number of aryl methyl sites for hydroxylation is 1. The lowest BCUT2D eigenvalue weighted by atomic mass is 10.1. The average molecular weight is 402 g/mol. The predicted octanol–water partition coefficient (Wildman–Crippen LogP) is 3.51.